The molecule has 26 heavy (non-hydrogen) atoms. The third-order valence-corrected chi connectivity index (χ3v) is 3.98. The average Bonchev–Trinajstić information content (AvgIpc) is 2.65. The van der Waals surface area contributed by atoms with Gasteiger partial charge in [0, 0.05) is 24.2 Å². The number of carbonyl (C=O) groups is 1. The second-order valence-corrected chi connectivity index (χ2v) is 5.97. The van der Waals surface area contributed by atoms with E-state index < -0.39 is 0 Å². The van der Waals surface area contributed by atoms with Crippen LogP contribution in [0.25, 0.3) is 6.08 Å². The zero-order chi connectivity index (χ0) is 18.4. The van der Waals surface area contributed by atoms with Crippen molar-refractivity contribution in [2.45, 2.75) is 0 Å². The number of anilines is 1. The van der Waals surface area contributed by atoms with Crippen molar-refractivity contribution in [2.24, 2.45) is 0 Å². The van der Waals surface area contributed by atoms with Gasteiger partial charge < -0.3 is 10.1 Å². The molecule has 7 heteroatoms. The van der Waals surface area contributed by atoms with Crippen LogP contribution in [0.15, 0.2) is 67.0 Å². The molecule has 0 atom stereocenters. The van der Waals surface area contributed by atoms with Crippen molar-refractivity contribution in [3.8, 4) is 11.8 Å². The second kappa shape index (κ2) is 8.47. The van der Waals surface area contributed by atoms with Gasteiger partial charge in [0.1, 0.15) is 5.75 Å². The summed E-state index contributed by atoms with van der Waals surface area (Å²) in [5.41, 5.74) is 1.41. The minimum Gasteiger partial charge on any atom is -0.424 e. The Morgan fingerprint density at radius 2 is 1.73 bits per heavy atom. The van der Waals surface area contributed by atoms with Gasteiger partial charge in [0.25, 0.3) is 0 Å². The number of nitrogens with zero attached hydrogens (tertiary/aromatic N) is 2. The van der Waals surface area contributed by atoms with Crippen molar-refractivity contribution in [1.29, 1.82) is 0 Å². The fourth-order valence-electron chi connectivity index (χ4n) is 2.02. The molecular formula is C19H13Cl2N3O2. The highest BCUT2D eigenvalue weighted by molar-refractivity contribution is 6.42. The number of hydrogen-bond donors (Lipinski definition) is 1. The van der Waals surface area contributed by atoms with Gasteiger partial charge in [-0.3, -0.25) is 4.79 Å². The molecule has 0 fully saturated rings. The molecule has 1 heterocycles. The lowest BCUT2D eigenvalue weighted by Crippen LogP contribution is -2.07. The second-order valence-electron chi connectivity index (χ2n) is 5.15. The van der Waals surface area contributed by atoms with E-state index in [-0.39, 0.29) is 11.9 Å². The van der Waals surface area contributed by atoms with Crippen LogP contribution in [-0.2, 0) is 4.79 Å². The fraction of sp³-hybridized carbons (Fsp3) is 0. The molecule has 0 radical (unpaired) electrons. The Hall–Kier alpha value is -2.89. The van der Waals surface area contributed by atoms with Gasteiger partial charge in [-0.05, 0) is 54.1 Å². The largest absolute Gasteiger partial charge is 0.424 e. The van der Waals surface area contributed by atoms with Gasteiger partial charge in [0.2, 0.25) is 5.91 Å². The summed E-state index contributed by atoms with van der Waals surface area (Å²) in [7, 11) is 0. The maximum atomic E-state index is 12.0. The predicted octanol–water partition coefficient (Wildman–Crippen LogP) is 5.23. The standard InChI is InChI=1S/C19H13Cl2N3O2/c20-16-8-2-13(12-17(16)21)3-9-18(25)24-14-4-6-15(7-5-14)26-19-22-10-1-11-23-19/h1-12H,(H,24,25). The minimum atomic E-state index is -0.267. The van der Waals surface area contributed by atoms with E-state index in [9.17, 15) is 4.79 Å². The van der Waals surface area contributed by atoms with Crippen molar-refractivity contribution in [3.63, 3.8) is 0 Å². The maximum absolute atomic E-state index is 12.0. The first-order valence-electron chi connectivity index (χ1n) is 7.59. The molecule has 0 bridgehead atoms. The number of aromatic nitrogens is 2. The number of ether oxygens (including phenoxy) is 1. The molecule has 130 valence electrons. The van der Waals surface area contributed by atoms with Gasteiger partial charge in [0.05, 0.1) is 10.0 Å². The van der Waals surface area contributed by atoms with Crippen LogP contribution in [-0.4, -0.2) is 15.9 Å². The lowest BCUT2D eigenvalue weighted by molar-refractivity contribution is -0.111. The van der Waals surface area contributed by atoms with Gasteiger partial charge in [0.15, 0.2) is 0 Å². The fourth-order valence-corrected chi connectivity index (χ4v) is 2.33. The van der Waals surface area contributed by atoms with Crippen molar-refractivity contribution >= 4 is 40.9 Å². The molecule has 2 aromatic carbocycles. The summed E-state index contributed by atoms with van der Waals surface area (Å²) in [6.45, 7) is 0. The summed E-state index contributed by atoms with van der Waals surface area (Å²) < 4.78 is 5.49. The molecule has 0 saturated heterocycles. The van der Waals surface area contributed by atoms with Crippen LogP contribution in [0.1, 0.15) is 5.56 Å². The van der Waals surface area contributed by atoms with E-state index >= 15 is 0 Å². The van der Waals surface area contributed by atoms with E-state index in [2.05, 4.69) is 15.3 Å². The van der Waals surface area contributed by atoms with E-state index in [0.29, 0.717) is 21.5 Å². The van der Waals surface area contributed by atoms with E-state index in [1.807, 2.05) is 0 Å². The summed E-state index contributed by atoms with van der Waals surface area (Å²) in [6, 6.07) is 14.0. The monoisotopic (exact) mass is 385 g/mol. The van der Waals surface area contributed by atoms with Crippen LogP contribution >= 0.6 is 23.2 Å². The van der Waals surface area contributed by atoms with Gasteiger partial charge >= 0.3 is 6.01 Å². The first-order chi connectivity index (χ1) is 12.6. The van der Waals surface area contributed by atoms with Gasteiger partial charge in [-0.2, -0.15) is 0 Å². The molecule has 1 N–H and O–H groups in total. The van der Waals surface area contributed by atoms with Crippen LogP contribution in [0.3, 0.4) is 0 Å². The Morgan fingerprint density at radius 1 is 1.00 bits per heavy atom. The molecule has 0 unspecified atom stereocenters. The molecule has 0 saturated carbocycles. The number of nitrogens with one attached hydrogen (secondary N) is 1. The predicted molar refractivity (Wildman–Crippen MR) is 103 cm³/mol. The first-order valence-corrected chi connectivity index (χ1v) is 8.35. The summed E-state index contributed by atoms with van der Waals surface area (Å²) >= 11 is 11.8. The Balaban J connectivity index is 1.58. The molecule has 0 aliphatic rings. The molecule has 0 aliphatic carbocycles. The van der Waals surface area contributed by atoms with Crippen LogP contribution < -0.4 is 10.1 Å². The lowest BCUT2D eigenvalue weighted by Gasteiger charge is -2.05. The molecule has 1 amide bonds. The third-order valence-electron chi connectivity index (χ3n) is 3.24. The number of amides is 1. The molecule has 3 rings (SSSR count). The summed E-state index contributed by atoms with van der Waals surface area (Å²) in [5.74, 6) is 0.302. The molecule has 3 aromatic rings. The topological polar surface area (TPSA) is 64.1 Å². The summed E-state index contributed by atoms with van der Waals surface area (Å²) in [4.78, 5) is 20.0. The van der Waals surface area contributed by atoms with E-state index in [0.717, 1.165) is 5.56 Å². The van der Waals surface area contributed by atoms with Crippen LogP contribution in [0.5, 0.6) is 11.8 Å². The lowest BCUT2D eigenvalue weighted by atomic mass is 10.2. The molecule has 0 spiro atoms. The van der Waals surface area contributed by atoms with Gasteiger partial charge in [-0.25, -0.2) is 9.97 Å². The quantitative estimate of drug-likeness (QED) is 0.610. The number of carbonyl (C=O) groups excluding carboxylic acids is 1. The van der Waals surface area contributed by atoms with Gasteiger partial charge in [-0.15, -0.1) is 0 Å². The highest BCUT2D eigenvalue weighted by atomic mass is 35.5. The molecular weight excluding hydrogens is 373 g/mol. The molecule has 5 nitrogen and oxygen atoms in total. The zero-order valence-electron chi connectivity index (χ0n) is 13.4. The summed E-state index contributed by atoms with van der Waals surface area (Å²) in [5, 5.41) is 3.66. The molecule has 1 aromatic heterocycles. The SMILES string of the molecule is O=C(C=Cc1ccc(Cl)c(Cl)c1)Nc1ccc(Oc2ncccn2)cc1. The highest BCUT2D eigenvalue weighted by Crippen LogP contribution is 2.23. The first kappa shape index (κ1) is 17.9. The van der Waals surface area contributed by atoms with E-state index in [1.54, 1.807) is 67.0 Å². The third kappa shape index (κ3) is 5.05. The average molecular weight is 386 g/mol. The smallest absolute Gasteiger partial charge is 0.321 e. The van der Waals surface area contributed by atoms with Crippen LogP contribution in [0.2, 0.25) is 10.0 Å². The molecule has 0 aliphatic heterocycles. The number of rotatable bonds is 5. The van der Waals surface area contributed by atoms with Crippen LogP contribution in [0, 0.1) is 0 Å². The minimum absolute atomic E-state index is 0.258. The Kier molecular flexibility index (Phi) is 5.84. The van der Waals surface area contributed by atoms with Crippen molar-refractivity contribution < 1.29 is 9.53 Å². The summed E-state index contributed by atoms with van der Waals surface area (Å²) in [6.07, 6.45) is 6.26. The Bertz CT molecular complexity index is 929. The normalized spacial score (nSPS) is 10.7. The number of hydrogen-bond acceptors (Lipinski definition) is 4. The van der Waals surface area contributed by atoms with Gasteiger partial charge in [-0.1, -0.05) is 29.3 Å². The maximum Gasteiger partial charge on any atom is 0.321 e. The highest BCUT2D eigenvalue weighted by Gasteiger charge is 2.02. The zero-order valence-corrected chi connectivity index (χ0v) is 14.9. The number of benzene rings is 2. The Labute approximate surface area is 160 Å². The van der Waals surface area contributed by atoms with Crippen molar-refractivity contribution in [1.82, 2.24) is 9.97 Å². The van der Waals surface area contributed by atoms with E-state index in [1.165, 1.54) is 6.08 Å². The number of halogens is 2. The van der Waals surface area contributed by atoms with Crippen molar-refractivity contribution in [3.05, 3.63) is 82.6 Å². The van der Waals surface area contributed by atoms with Crippen LogP contribution in [0.4, 0.5) is 5.69 Å². The Morgan fingerprint density at radius 3 is 2.42 bits per heavy atom. The van der Waals surface area contributed by atoms with Crippen molar-refractivity contribution in [2.75, 3.05) is 5.32 Å². The van der Waals surface area contributed by atoms with E-state index in [4.69, 9.17) is 27.9 Å².